The molecule has 1 aliphatic carbocycles. The molecule has 3 aromatic rings. The maximum atomic E-state index is 13.1. The number of carbonyl (C=O) groups excluding carboxylic acids is 2. The Balaban J connectivity index is 0.000000594. The highest BCUT2D eigenvalue weighted by molar-refractivity contribution is 5.96. The van der Waals surface area contributed by atoms with Gasteiger partial charge in [0.2, 0.25) is 0 Å². The molecule has 47 heavy (non-hydrogen) atoms. The summed E-state index contributed by atoms with van der Waals surface area (Å²) in [6.07, 6.45) is 11.5. The van der Waals surface area contributed by atoms with Gasteiger partial charge in [-0.3, -0.25) is 9.59 Å². The lowest BCUT2D eigenvalue weighted by atomic mass is 9.98. The van der Waals surface area contributed by atoms with Crippen molar-refractivity contribution in [2.24, 2.45) is 5.92 Å². The SMILES string of the molecule is CC.CCC1CCC=CCC1.COc1cccc(OC)c1-c1cc(C(=O)NCC(=O)OC(C)(C)C)nn1-c1ccc(C)cc1C(C)C. The topological polar surface area (TPSA) is 91.7 Å². The Morgan fingerprint density at radius 1 is 0.979 bits per heavy atom. The van der Waals surface area contributed by atoms with Crippen LogP contribution in [0.2, 0.25) is 0 Å². The number of hydrogen-bond acceptors (Lipinski definition) is 6. The van der Waals surface area contributed by atoms with Crippen LogP contribution in [0.15, 0.2) is 54.6 Å². The van der Waals surface area contributed by atoms with Gasteiger partial charge in [-0.1, -0.05) is 77.0 Å². The summed E-state index contributed by atoms with van der Waals surface area (Å²) in [5.74, 6) is 1.36. The quantitative estimate of drug-likeness (QED) is 0.184. The fourth-order valence-electron chi connectivity index (χ4n) is 5.36. The van der Waals surface area contributed by atoms with Crippen LogP contribution in [0.4, 0.5) is 0 Å². The van der Waals surface area contributed by atoms with Gasteiger partial charge in [0.15, 0.2) is 5.69 Å². The number of rotatable bonds is 9. The summed E-state index contributed by atoms with van der Waals surface area (Å²) in [5, 5.41) is 7.29. The van der Waals surface area contributed by atoms with E-state index >= 15 is 0 Å². The van der Waals surface area contributed by atoms with E-state index < -0.39 is 17.5 Å². The van der Waals surface area contributed by atoms with Crippen molar-refractivity contribution in [3.63, 3.8) is 0 Å². The molecule has 8 heteroatoms. The van der Waals surface area contributed by atoms with E-state index in [1.54, 1.807) is 45.7 Å². The summed E-state index contributed by atoms with van der Waals surface area (Å²) in [5.41, 5.74) is 3.83. The van der Waals surface area contributed by atoms with Gasteiger partial charge in [-0.15, -0.1) is 0 Å². The van der Waals surface area contributed by atoms with Crippen LogP contribution >= 0.6 is 0 Å². The zero-order valence-electron chi connectivity index (χ0n) is 30.5. The first kappa shape index (κ1) is 39.1. The summed E-state index contributed by atoms with van der Waals surface area (Å²) in [6.45, 7) is 17.6. The summed E-state index contributed by atoms with van der Waals surface area (Å²) in [6, 6.07) is 13.3. The van der Waals surface area contributed by atoms with Crippen LogP contribution in [0.1, 0.15) is 115 Å². The van der Waals surface area contributed by atoms with Gasteiger partial charge in [0.05, 0.1) is 31.2 Å². The molecule has 0 atom stereocenters. The van der Waals surface area contributed by atoms with Crippen LogP contribution in [-0.4, -0.2) is 48.0 Å². The molecule has 0 unspecified atom stereocenters. The van der Waals surface area contributed by atoms with E-state index in [0.717, 1.165) is 22.7 Å². The van der Waals surface area contributed by atoms with Crippen LogP contribution < -0.4 is 14.8 Å². The lowest BCUT2D eigenvalue weighted by Crippen LogP contribution is -2.34. The van der Waals surface area contributed by atoms with Crippen LogP contribution in [0.5, 0.6) is 11.5 Å². The number of carbonyl (C=O) groups is 2. The standard InChI is InChI=1S/C28H35N3O5.C9H16.C2H6/c1-17(2)19-14-18(3)12-13-21(19)31-22(26-23(34-7)10-9-11-24(26)35-8)15-20(30-31)27(33)29-16-25(32)36-28(4,5)6;1-2-9-7-5-3-4-6-8-9;1-2/h9-15,17H,16H2,1-8H3,(H,29,33);3-4,9H,2,5-8H2,1H3;1-2H3. The number of hydrogen-bond donors (Lipinski definition) is 1. The molecule has 1 amide bonds. The molecule has 2 aromatic carbocycles. The molecular weight excluding hydrogens is 590 g/mol. The number of nitrogens with zero attached hydrogens (tertiary/aromatic N) is 2. The molecule has 4 rings (SSSR count). The highest BCUT2D eigenvalue weighted by Gasteiger charge is 2.25. The normalized spacial score (nSPS) is 13.0. The van der Waals surface area contributed by atoms with Crippen molar-refractivity contribution in [1.29, 1.82) is 0 Å². The van der Waals surface area contributed by atoms with Gasteiger partial charge in [0, 0.05) is 0 Å². The number of ether oxygens (including phenoxy) is 3. The number of esters is 1. The van der Waals surface area contributed by atoms with Crippen molar-refractivity contribution in [2.45, 2.75) is 106 Å². The molecule has 1 aromatic heterocycles. The fourth-order valence-corrected chi connectivity index (χ4v) is 5.36. The van der Waals surface area contributed by atoms with E-state index in [1.807, 2.05) is 51.1 Å². The largest absolute Gasteiger partial charge is 0.496 e. The van der Waals surface area contributed by atoms with Crippen molar-refractivity contribution in [3.8, 4) is 28.4 Å². The monoisotopic (exact) mass is 647 g/mol. The lowest BCUT2D eigenvalue weighted by molar-refractivity contribution is -0.153. The first-order valence-electron chi connectivity index (χ1n) is 17.0. The summed E-state index contributed by atoms with van der Waals surface area (Å²) < 4.78 is 18.3. The van der Waals surface area contributed by atoms with E-state index in [1.165, 1.54) is 32.1 Å². The van der Waals surface area contributed by atoms with E-state index in [-0.39, 0.29) is 18.2 Å². The molecule has 0 bridgehead atoms. The molecule has 258 valence electrons. The maximum absolute atomic E-state index is 13.1. The van der Waals surface area contributed by atoms with Crippen molar-refractivity contribution in [2.75, 3.05) is 20.8 Å². The summed E-state index contributed by atoms with van der Waals surface area (Å²) in [7, 11) is 3.16. The number of nitrogens with one attached hydrogen (secondary N) is 1. The first-order chi connectivity index (χ1) is 22.4. The molecule has 1 N–H and O–H groups in total. The Kier molecular flexibility index (Phi) is 15.7. The van der Waals surface area contributed by atoms with Crippen LogP contribution in [0.3, 0.4) is 0 Å². The second-order valence-electron chi connectivity index (χ2n) is 12.8. The minimum Gasteiger partial charge on any atom is -0.496 e. The van der Waals surface area contributed by atoms with Gasteiger partial charge in [-0.25, -0.2) is 4.68 Å². The lowest BCUT2D eigenvalue weighted by Gasteiger charge is -2.19. The van der Waals surface area contributed by atoms with Crippen molar-refractivity contribution in [3.05, 3.63) is 71.4 Å². The Labute approximate surface area is 282 Å². The number of aryl methyl sites for hydroxylation is 1. The van der Waals surface area contributed by atoms with Gasteiger partial charge in [0.1, 0.15) is 23.6 Å². The third kappa shape index (κ3) is 11.6. The molecule has 8 nitrogen and oxygen atoms in total. The Morgan fingerprint density at radius 2 is 1.57 bits per heavy atom. The van der Waals surface area contributed by atoms with E-state index in [2.05, 4.69) is 49.4 Å². The smallest absolute Gasteiger partial charge is 0.325 e. The minimum atomic E-state index is -0.643. The molecule has 0 saturated heterocycles. The molecule has 1 heterocycles. The van der Waals surface area contributed by atoms with Crippen LogP contribution in [0, 0.1) is 12.8 Å². The van der Waals surface area contributed by atoms with Gasteiger partial charge in [0.25, 0.3) is 5.91 Å². The van der Waals surface area contributed by atoms with Crippen molar-refractivity contribution >= 4 is 11.9 Å². The van der Waals surface area contributed by atoms with Gasteiger partial charge in [-0.2, -0.15) is 5.10 Å². The van der Waals surface area contributed by atoms with Gasteiger partial charge < -0.3 is 19.5 Å². The Bertz CT molecular complexity index is 1430. The average molecular weight is 648 g/mol. The summed E-state index contributed by atoms with van der Waals surface area (Å²) >= 11 is 0. The summed E-state index contributed by atoms with van der Waals surface area (Å²) in [4.78, 5) is 25.2. The van der Waals surface area contributed by atoms with E-state index in [0.29, 0.717) is 22.8 Å². The molecular formula is C39H57N3O5. The number of allylic oxidation sites excluding steroid dienone is 2. The number of aromatic nitrogens is 2. The van der Waals surface area contributed by atoms with Gasteiger partial charge in [-0.05, 0) is 95.0 Å². The highest BCUT2D eigenvalue weighted by Crippen LogP contribution is 2.40. The average Bonchev–Trinajstić information content (AvgIpc) is 3.30. The molecule has 0 aliphatic heterocycles. The zero-order valence-corrected chi connectivity index (χ0v) is 30.5. The third-order valence-corrected chi connectivity index (χ3v) is 7.70. The molecule has 0 saturated carbocycles. The molecule has 0 radical (unpaired) electrons. The van der Waals surface area contributed by atoms with E-state index in [9.17, 15) is 9.59 Å². The molecule has 0 fully saturated rings. The predicted octanol–water partition coefficient (Wildman–Crippen LogP) is 9.23. The highest BCUT2D eigenvalue weighted by atomic mass is 16.6. The van der Waals surface area contributed by atoms with Gasteiger partial charge >= 0.3 is 5.97 Å². The van der Waals surface area contributed by atoms with Crippen LogP contribution in [0.25, 0.3) is 16.9 Å². The number of benzene rings is 2. The fraction of sp³-hybridized carbons (Fsp3) is 0.513. The maximum Gasteiger partial charge on any atom is 0.325 e. The zero-order chi connectivity index (χ0) is 35.1. The third-order valence-electron chi connectivity index (χ3n) is 7.70. The Morgan fingerprint density at radius 3 is 2.09 bits per heavy atom. The first-order valence-corrected chi connectivity index (χ1v) is 17.0. The van der Waals surface area contributed by atoms with Crippen LogP contribution in [-0.2, 0) is 9.53 Å². The molecule has 0 spiro atoms. The van der Waals surface area contributed by atoms with Crippen molar-refractivity contribution in [1.82, 2.24) is 15.1 Å². The molecule has 1 aliphatic rings. The second-order valence-corrected chi connectivity index (χ2v) is 12.8. The minimum absolute atomic E-state index is 0.150. The van der Waals surface area contributed by atoms with E-state index in [4.69, 9.17) is 14.2 Å². The number of amides is 1. The number of methoxy groups -OCH3 is 2. The Hall–Kier alpha value is -4.07. The second kappa shape index (κ2) is 18.9. The van der Waals surface area contributed by atoms with Crippen molar-refractivity contribution < 1.29 is 23.8 Å². The predicted molar refractivity (Wildman–Crippen MR) is 192 cm³/mol.